The molecule has 160 valence electrons. The number of H-pyrrole nitrogens is 1. The van der Waals surface area contributed by atoms with Gasteiger partial charge in [0.25, 0.3) is 5.56 Å². The predicted octanol–water partition coefficient (Wildman–Crippen LogP) is 2.00. The van der Waals surface area contributed by atoms with Gasteiger partial charge in [0.2, 0.25) is 0 Å². The van der Waals surface area contributed by atoms with Gasteiger partial charge in [0.1, 0.15) is 18.2 Å². The quantitative estimate of drug-likeness (QED) is 0.537. The fourth-order valence-electron chi connectivity index (χ4n) is 3.30. The van der Waals surface area contributed by atoms with E-state index in [4.69, 9.17) is 9.47 Å². The molecule has 0 bridgehead atoms. The van der Waals surface area contributed by atoms with E-state index < -0.39 is 17.2 Å². The Bertz CT molecular complexity index is 1140. The minimum atomic E-state index is -0.493. The molecule has 0 aliphatic heterocycles. The molecule has 1 aromatic carbocycles. The Morgan fingerprint density at radius 1 is 1.13 bits per heavy atom. The lowest BCUT2D eigenvalue weighted by Crippen LogP contribution is -2.31. The van der Waals surface area contributed by atoms with Crippen LogP contribution in [0.3, 0.4) is 0 Å². The summed E-state index contributed by atoms with van der Waals surface area (Å²) in [5.74, 6) is 0.729. The first-order valence-corrected chi connectivity index (χ1v) is 9.99. The Hall–Kier alpha value is -3.36. The second-order valence-electron chi connectivity index (χ2n) is 6.89. The number of ether oxygens (including phenoxy) is 2. The molecule has 2 aromatic heterocycles. The van der Waals surface area contributed by atoms with Crippen molar-refractivity contribution >= 4 is 17.1 Å². The van der Waals surface area contributed by atoms with Crippen molar-refractivity contribution in [1.29, 1.82) is 0 Å². The molecule has 9 heteroatoms. The number of aryl methyl sites for hydroxylation is 2. The predicted molar refractivity (Wildman–Crippen MR) is 112 cm³/mol. The third-order valence-electron chi connectivity index (χ3n) is 4.89. The van der Waals surface area contributed by atoms with E-state index in [9.17, 15) is 14.4 Å². The van der Waals surface area contributed by atoms with Gasteiger partial charge in [-0.05, 0) is 31.0 Å². The molecular formula is C21H26N4O5. The van der Waals surface area contributed by atoms with Crippen LogP contribution in [0.5, 0.6) is 5.75 Å². The number of unbranched alkanes of at least 4 members (excludes halogenated alkanes) is 1. The number of fused-ring (bicyclic) bond motifs is 1. The largest absolute Gasteiger partial charge is 0.497 e. The van der Waals surface area contributed by atoms with Gasteiger partial charge in [0, 0.05) is 13.1 Å². The zero-order valence-corrected chi connectivity index (χ0v) is 17.4. The van der Waals surface area contributed by atoms with Crippen LogP contribution in [-0.4, -0.2) is 32.2 Å². The molecule has 0 atom stereocenters. The van der Waals surface area contributed by atoms with Gasteiger partial charge in [0.05, 0.1) is 13.5 Å². The number of imidazole rings is 1. The SMILES string of the molecule is CCCCn1c(=O)[nH]c(=O)c2c1nc(COC(=O)Cc1ccc(OC)cc1)n2CC. The van der Waals surface area contributed by atoms with Crippen LogP contribution >= 0.6 is 0 Å². The minimum absolute atomic E-state index is 0.0844. The van der Waals surface area contributed by atoms with Gasteiger partial charge in [0.15, 0.2) is 11.2 Å². The molecule has 3 rings (SSSR count). The summed E-state index contributed by atoms with van der Waals surface area (Å²) < 4.78 is 13.6. The van der Waals surface area contributed by atoms with Crippen molar-refractivity contribution in [3.8, 4) is 5.75 Å². The van der Waals surface area contributed by atoms with Crippen LogP contribution in [0.2, 0.25) is 0 Å². The van der Waals surface area contributed by atoms with Crippen LogP contribution in [0.1, 0.15) is 38.1 Å². The molecule has 0 unspecified atom stereocenters. The minimum Gasteiger partial charge on any atom is -0.497 e. The highest BCUT2D eigenvalue weighted by Gasteiger charge is 2.18. The average molecular weight is 414 g/mol. The number of nitrogens with one attached hydrogen (secondary N) is 1. The van der Waals surface area contributed by atoms with Crippen LogP contribution in [0.4, 0.5) is 0 Å². The number of carbonyl (C=O) groups is 1. The van der Waals surface area contributed by atoms with Crippen molar-refractivity contribution in [1.82, 2.24) is 19.1 Å². The second kappa shape index (κ2) is 9.43. The van der Waals surface area contributed by atoms with E-state index in [1.54, 1.807) is 35.9 Å². The molecule has 2 heterocycles. The maximum Gasteiger partial charge on any atom is 0.330 e. The van der Waals surface area contributed by atoms with Gasteiger partial charge >= 0.3 is 11.7 Å². The number of esters is 1. The zero-order chi connectivity index (χ0) is 21.7. The molecule has 0 saturated heterocycles. The third kappa shape index (κ3) is 4.45. The monoisotopic (exact) mass is 414 g/mol. The molecule has 0 aliphatic rings. The molecule has 3 aromatic rings. The van der Waals surface area contributed by atoms with Crippen molar-refractivity contribution in [2.24, 2.45) is 0 Å². The lowest BCUT2D eigenvalue weighted by Gasteiger charge is -2.07. The summed E-state index contributed by atoms with van der Waals surface area (Å²) in [7, 11) is 1.58. The van der Waals surface area contributed by atoms with Gasteiger partial charge in [-0.15, -0.1) is 0 Å². The first-order chi connectivity index (χ1) is 14.5. The van der Waals surface area contributed by atoms with Gasteiger partial charge < -0.3 is 14.0 Å². The molecule has 0 aliphatic carbocycles. The highest BCUT2D eigenvalue weighted by molar-refractivity contribution is 5.73. The summed E-state index contributed by atoms with van der Waals surface area (Å²) in [6, 6.07) is 7.16. The van der Waals surface area contributed by atoms with E-state index in [-0.39, 0.29) is 13.0 Å². The van der Waals surface area contributed by atoms with Crippen molar-refractivity contribution in [3.05, 3.63) is 56.5 Å². The van der Waals surface area contributed by atoms with Gasteiger partial charge in [-0.25, -0.2) is 9.78 Å². The van der Waals surface area contributed by atoms with Gasteiger partial charge in [-0.3, -0.25) is 19.1 Å². The molecule has 1 N–H and O–H groups in total. The smallest absolute Gasteiger partial charge is 0.330 e. The summed E-state index contributed by atoms with van der Waals surface area (Å²) in [4.78, 5) is 43.8. The maximum absolute atomic E-state index is 12.4. The first-order valence-electron chi connectivity index (χ1n) is 9.99. The number of hydrogen-bond acceptors (Lipinski definition) is 6. The molecule has 0 amide bonds. The Kier molecular flexibility index (Phi) is 6.71. The Morgan fingerprint density at radius 3 is 2.50 bits per heavy atom. The van der Waals surface area contributed by atoms with E-state index in [2.05, 4.69) is 9.97 Å². The van der Waals surface area contributed by atoms with E-state index in [1.807, 2.05) is 13.8 Å². The van der Waals surface area contributed by atoms with Crippen molar-refractivity contribution in [2.75, 3.05) is 7.11 Å². The zero-order valence-electron chi connectivity index (χ0n) is 17.4. The number of hydrogen-bond donors (Lipinski definition) is 1. The lowest BCUT2D eigenvalue weighted by atomic mass is 10.1. The van der Waals surface area contributed by atoms with Gasteiger partial charge in [-0.2, -0.15) is 0 Å². The molecule has 9 nitrogen and oxygen atoms in total. The van der Waals surface area contributed by atoms with E-state index >= 15 is 0 Å². The normalized spacial score (nSPS) is 11.0. The molecule has 0 spiro atoms. The number of aromatic amines is 1. The number of methoxy groups -OCH3 is 1. The lowest BCUT2D eigenvalue weighted by molar-refractivity contribution is -0.144. The third-order valence-corrected chi connectivity index (χ3v) is 4.89. The van der Waals surface area contributed by atoms with E-state index in [0.717, 1.165) is 18.4 Å². The summed E-state index contributed by atoms with van der Waals surface area (Å²) in [6.45, 7) is 4.72. The Balaban J connectivity index is 1.82. The number of carbonyl (C=O) groups excluding carboxylic acids is 1. The summed E-state index contributed by atoms with van der Waals surface area (Å²) >= 11 is 0. The fraction of sp³-hybridized carbons (Fsp3) is 0.429. The van der Waals surface area contributed by atoms with Crippen LogP contribution in [0.25, 0.3) is 11.2 Å². The molecular weight excluding hydrogens is 388 g/mol. The van der Waals surface area contributed by atoms with E-state index in [0.29, 0.717) is 35.8 Å². The molecule has 0 radical (unpaired) electrons. The number of aromatic nitrogens is 4. The number of nitrogens with zero attached hydrogens (tertiary/aromatic N) is 3. The van der Waals surface area contributed by atoms with Crippen molar-refractivity contribution < 1.29 is 14.3 Å². The Morgan fingerprint density at radius 2 is 1.87 bits per heavy atom. The van der Waals surface area contributed by atoms with Crippen LogP contribution < -0.4 is 16.0 Å². The fourth-order valence-corrected chi connectivity index (χ4v) is 3.30. The summed E-state index contributed by atoms with van der Waals surface area (Å²) in [6.07, 6.45) is 1.79. The summed E-state index contributed by atoms with van der Waals surface area (Å²) in [5, 5.41) is 0. The van der Waals surface area contributed by atoms with Crippen LogP contribution in [0.15, 0.2) is 33.9 Å². The highest BCUT2D eigenvalue weighted by Crippen LogP contribution is 2.15. The Labute approximate surface area is 173 Å². The topological polar surface area (TPSA) is 108 Å². The van der Waals surface area contributed by atoms with Crippen LogP contribution in [-0.2, 0) is 35.6 Å². The van der Waals surface area contributed by atoms with Crippen LogP contribution in [0, 0.1) is 0 Å². The average Bonchev–Trinajstić information content (AvgIpc) is 3.11. The second-order valence-corrected chi connectivity index (χ2v) is 6.89. The molecule has 30 heavy (non-hydrogen) atoms. The molecule has 0 fully saturated rings. The number of rotatable bonds is 9. The van der Waals surface area contributed by atoms with E-state index in [1.165, 1.54) is 4.57 Å². The summed E-state index contributed by atoms with van der Waals surface area (Å²) in [5.41, 5.74) is 0.460. The highest BCUT2D eigenvalue weighted by atomic mass is 16.5. The standard InChI is InChI=1S/C21H26N4O5/c1-4-6-11-25-19-18(20(27)23-21(25)28)24(5-2)16(22-19)13-30-17(26)12-14-7-9-15(29-3)10-8-14/h7-10H,4-6,11-13H2,1-3H3,(H,23,27,28). The first kappa shape index (κ1) is 21.4. The maximum atomic E-state index is 12.4. The molecule has 0 saturated carbocycles. The number of benzene rings is 1. The van der Waals surface area contributed by atoms with Crippen molar-refractivity contribution in [3.63, 3.8) is 0 Å². The van der Waals surface area contributed by atoms with Gasteiger partial charge in [-0.1, -0.05) is 25.5 Å². The van der Waals surface area contributed by atoms with Crippen molar-refractivity contribution in [2.45, 2.75) is 52.8 Å².